The Bertz CT molecular complexity index is 671. The molecule has 2 N–H and O–H groups in total. The zero-order valence-corrected chi connectivity index (χ0v) is 15.0. The van der Waals surface area contributed by atoms with E-state index in [0.29, 0.717) is 0 Å². The Kier molecular flexibility index (Phi) is 5.56. The summed E-state index contributed by atoms with van der Waals surface area (Å²) in [4.78, 5) is 2.51. The standard InChI is InChI=1S/C19H26N2O.ClH/c1-19(2)13-21(11-10-18(19)20)12-16-15-7-5-4-6-14(15)8-9-17(16)22-3;/h4-9,18H,10-13,20H2,1-3H3;1H. The highest BCUT2D eigenvalue weighted by Crippen LogP contribution is 2.33. The zero-order chi connectivity index (χ0) is 15.7. The summed E-state index contributed by atoms with van der Waals surface area (Å²) in [6.45, 7) is 7.53. The van der Waals surface area contributed by atoms with Gasteiger partial charge in [0.1, 0.15) is 5.75 Å². The Hall–Kier alpha value is -1.29. The molecule has 0 aliphatic carbocycles. The lowest BCUT2D eigenvalue weighted by molar-refractivity contribution is 0.0896. The zero-order valence-electron chi connectivity index (χ0n) is 14.2. The molecule has 3 nitrogen and oxygen atoms in total. The van der Waals surface area contributed by atoms with Crippen LogP contribution in [0.4, 0.5) is 0 Å². The maximum Gasteiger partial charge on any atom is 0.123 e. The molecule has 3 rings (SSSR count). The van der Waals surface area contributed by atoms with Gasteiger partial charge in [-0.2, -0.15) is 0 Å². The van der Waals surface area contributed by atoms with Crippen molar-refractivity contribution in [1.82, 2.24) is 4.90 Å². The van der Waals surface area contributed by atoms with Crippen LogP contribution in [0.2, 0.25) is 0 Å². The molecule has 0 saturated carbocycles. The van der Waals surface area contributed by atoms with Crippen LogP contribution >= 0.6 is 12.4 Å². The van der Waals surface area contributed by atoms with Crippen LogP contribution in [-0.4, -0.2) is 31.1 Å². The number of hydrogen-bond acceptors (Lipinski definition) is 3. The second kappa shape index (κ2) is 7.08. The van der Waals surface area contributed by atoms with E-state index in [1.54, 1.807) is 7.11 Å². The van der Waals surface area contributed by atoms with Gasteiger partial charge < -0.3 is 10.5 Å². The Labute approximate surface area is 145 Å². The molecule has 0 aromatic heterocycles. The second-order valence-corrected chi connectivity index (χ2v) is 7.06. The molecule has 0 amide bonds. The lowest BCUT2D eigenvalue weighted by Crippen LogP contribution is -2.52. The van der Waals surface area contributed by atoms with E-state index in [4.69, 9.17) is 10.5 Å². The lowest BCUT2D eigenvalue weighted by Gasteiger charge is -2.42. The van der Waals surface area contributed by atoms with E-state index in [1.165, 1.54) is 16.3 Å². The highest BCUT2D eigenvalue weighted by molar-refractivity contribution is 5.87. The van der Waals surface area contributed by atoms with E-state index in [1.807, 2.05) is 0 Å². The van der Waals surface area contributed by atoms with Gasteiger partial charge in [-0.25, -0.2) is 0 Å². The fourth-order valence-corrected chi connectivity index (χ4v) is 3.51. The molecule has 1 heterocycles. The van der Waals surface area contributed by atoms with Crippen molar-refractivity contribution in [3.8, 4) is 5.75 Å². The summed E-state index contributed by atoms with van der Waals surface area (Å²) in [5.41, 5.74) is 7.71. The first-order valence-corrected chi connectivity index (χ1v) is 8.04. The van der Waals surface area contributed by atoms with Crippen LogP contribution < -0.4 is 10.5 Å². The van der Waals surface area contributed by atoms with Gasteiger partial charge in [0.15, 0.2) is 0 Å². The summed E-state index contributed by atoms with van der Waals surface area (Å²) >= 11 is 0. The van der Waals surface area contributed by atoms with Crippen LogP contribution in [0, 0.1) is 5.41 Å². The van der Waals surface area contributed by atoms with Crippen LogP contribution in [-0.2, 0) is 6.54 Å². The third kappa shape index (κ3) is 3.63. The summed E-state index contributed by atoms with van der Waals surface area (Å²) in [6, 6.07) is 13.0. The summed E-state index contributed by atoms with van der Waals surface area (Å²) < 4.78 is 5.62. The molecule has 1 saturated heterocycles. The molecule has 1 atom stereocenters. The number of benzene rings is 2. The fraction of sp³-hybridized carbons (Fsp3) is 0.474. The van der Waals surface area contributed by atoms with Crippen molar-refractivity contribution in [1.29, 1.82) is 0 Å². The molecule has 4 heteroatoms. The average molecular weight is 335 g/mol. The first-order valence-electron chi connectivity index (χ1n) is 8.04. The largest absolute Gasteiger partial charge is 0.496 e. The maximum atomic E-state index is 6.26. The molecular formula is C19H27ClN2O. The highest BCUT2D eigenvalue weighted by atomic mass is 35.5. The van der Waals surface area contributed by atoms with Crippen LogP contribution in [0.3, 0.4) is 0 Å². The van der Waals surface area contributed by atoms with Gasteiger partial charge in [0.2, 0.25) is 0 Å². The number of piperidine rings is 1. The van der Waals surface area contributed by atoms with Crippen molar-refractivity contribution < 1.29 is 4.74 Å². The molecule has 2 aromatic carbocycles. The number of methoxy groups -OCH3 is 1. The second-order valence-electron chi connectivity index (χ2n) is 7.06. The normalized spacial score (nSPS) is 21.0. The minimum Gasteiger partial charge on any atom is -0.496 e. The van der Waals surface area contributed by atoms with E-state index >= 15 is 0 Å². The van der Waals surface area contributed by atoms with Crippen molar-refractivity contribution in [2.75, 3.05) is 20.2 Å². The third-order valence-electron chi connectivity index (χ3n) is 4.99. The fourth-order valence-electron chi connectivity index (χ4n) is 3.51. The van der Waals surface area contributed by atoms with Gasteiger partial charge in [0.05, 0.1) is 7.11 Å². The van der Waals surface area contributed by atoms with Gasteiger partial charge in [0.25, 0.3) is 0 Å². The summed E-state index contributed by atoms with van der Waals surface area (Å²) in [5.74, 6) is 0.978. The first-order chi connectivity index (χ1) is 10.5. The summed E-state index contributed by atoms with van der Waals surface area (Å²) in [6.07, 6.45) is 1.06. The average Bonchev–Trinajstić information content (AvgIpc) is 2.51. The molecule has 1 aliphatic heterocycles. The van der Waals surface area contributed by atoms with Gasteiger partial charge in [-0.15, -0.1) is 12.4 Å². The Morgan fingerprint density at radius 1 is 1.22 bits per heavy atom. The topological polar surface area (TPSA) is 38.5 Å². The quantitative estimate of drug-likeness (QED) is 0.927. The summed E-state index contributed by atoms with van der Waals surface area (Å²) in [5, 5.41) is 2.56. The first kappa shape index (κ1) is 18.1. The molecule has 0 bridgehead atoms. The van der Waals surface area contributed by atoms with Crippen molar-refractivity contribution in [2.45, 2.75) is 32.9 Å². The number of likely N-dealkylation sites (tertiary alicyclic amines) is 1. The minimum atomic E-state index is 0. The van der Waals surface area contributed by atoms with Crippen molar-refractivity contribution in [2.24, 2.45) is 11.1 Å². The van der Waals surface area contributed by atoms with Crippen LogP contribution in [0.15, 0.2) is 36.4 Å². The van der Waals surface area contributed by atoms with E-state index < -0.39 is 0 Å². The molecule has 1 aliphatic rings. The van der Waals surface area contributed by atoms with Crippen molar-refractivity contribution >= 4 is 23.2 Å². The molecule has 2 aromatic rings. The number of fused-ring (bicyclic) bond motifs is 1. The Balaban J connectivity index is 0.00000192. The van der Waals surface area contributed by atoms with Gasteiger partial charge >= 0.3 is 0 Å². The van der Waals surface area contributed by atoms with E-state index in [9.17, 15) is 0 Å². The Morgan fingerprint density at radius 3 is 2.65 bits per heavy atom. The van der Waals surface area contributed by atoms with Crippen LogP contribution in [0.5, 0.6) is 5.75 Å². The number of rotatable bonds is 3. The number of nitrogens with two attached hydrogens (primary N) is 1. The van der Waals surface area contributed by atoms with Gasteiger partial charge in [-0.1, -0.05) is 44.2 Å². The SMILES string of the molecule is COc1ccc2ccccc2c1CN1CCC(N)C(C)(C)C1.Cl. The van der Waals surface area contributed by atoms with E-state index in [-0.39, 0.29) is 23.9 Å². The van der Waals surface area contributed by atoms with Gasteiger partial charge in [0, 0.05) is 31.2 Å². The number of ether oxygens (including phenoxy) is 1. The third-order valence-corrected chi connectivity index (χ3v) is 4.99. The molecular weight excluding hydrogens is 308 g/mol. The number of hydrogen-bond donors (Lipinski definition) is 1. The molecule has 126 valence electrons. The molecule has 1 unspecified atom stereocenters. The minimum absolute atomic E-state index is 0. The van der Waals surface area contributed by atoms with Crippen LogP contribution in [0.1, 0.15) is 25.8 Å². The number of nitrogens with zero attached hydrogens (tertiary/aromatic N) is 1. The number of halogens is 1. The molecule has 23 heavy (non-hydrogen) atoms. The van der Waals surface area contributed by atoms with Crippen LogP contribution in [0.25, 0.3) is 10.8 Å². The summed E-state index contributed by atoms with van der Waals surface area (Å²) in [7, 11) is 1.75. The van der Waals surface area contributed by atoms with Crippen molar-refractivity contribution in [3.63, 3.8) is 0 Å². The van der Waals surface area contributed by atoms with Crippen molar-refractivity contribution in [3.05, 3.63) is 42.0 Å². The van der Waals surface area contributed by atoms with Gasteiger partial charge in [-0.3, -0.25) is 4.90 Å². The lowest BCUT2D eigenvalue weighted by atomic mass is 9.79. The molecule has 0 spiro atoms. The smallest absolute Gasteiger partial charge is 0.123 e. The predicted octanol–water partition coefficient (Wildman–Crippen LogP) is 3.83. The Morgan fingerprint density at radius 2 is 1.96 bits per heavy atom. The molecule has 1 fully saturated rings. The highest BCUT2D eigenvalue weighted by Gasteiger charge is 2.33. The monoisotopic (exact) mass is 334 g/mol. The van der Waals surface area contributed by atoms with E-state index in [0.717, 1.165) is 31.8 Å². The molecule has 0 radical (unpaired) electrons. The maximum absolute atomic E-state index is 6.26. The van der Waals surface area contributed by atoms with E-state index in [2.05, 4.69) is 55.1 Å². The van der Waals surface area contributed by atoms with Gasteiger partial charge in [-0.05, 0) is 28.7 Å². The predicted molar refractivity (Wildman–Crippen MR) is 99.4 cm³/mol.